The van der Waals surface area contributed by atoms with Crippen molar-refractivity contribution in [1.82, 2.24) is 19.6 Å². The van der Waals surface area contributed by atoms with Gasteiger partial charge in [0, 0.05) is 49.0 Å². The summed E-state index contributed by atoms with van der Waals surface area (Å²) >= 11 is 0. The van der Waals surface area contributed by atoms with E-state index in [1.807, 2.05) is 31.7 Å². The van der Waals surface area contributed by atoms with Crippen molar-refractivity contribution in [1.29, 1.82) is 0 Å². The molecular weight excluding hydrogens is 446 g/mol. The zero-order valence-corrected chi connectivity index (χ0v) is 21.3. The molecule has 2 heterocycles. The Hall–Kier alpha value is -2.81. The number of amides is 1. The Labute approximate surface area is 206 Å². The minimum absolute atomic E-state index is 0.0132. The van der Waals surface area contributed by atoms with Crippen molar-refractivity contribution in [2.75, 3.05) is 39.0 Å². The molecule has 1 aromatic heterocycles. The Balaban J connectivity index is 1.27. The molecule has 3 aliphatic carbocycles. The molecule has 2 N–H and O–H groups in total. The Kier molecular flexibility index (Phi) is 5.74. The van der Waals surface area contributed by atoms with E-state index in [1.165, 1.54) is 7.11 Å². The van der Waals surface area contributed by atoms with E-state index >= 15 is 0 Å². The largest absolute Gasteiger partial charge is 0.465 e. The first-order chi connectivity index (χ1) is 16.5. The van der Waals surface area contributed by atoms with Crippen LogP contribution in [0.4, 0.5) is 10.5 Å². The van der Waals surface area contributed by atoms with E-state index in [0.717, 1.165) is 75.6 Å². The van der Waals surface area contributed by atoms with E-state index in [0.29, 0.717) is 11.3 Å². The molecule has 9 nitrogen and oxygen atoms in total. The first kappa shape index (κ1) is 23.9. The number of nitrogens with zero attached hydrogens (tertiary/aromatic N) is 4. The molecule has 0 unspecified atom stereocenters. The zero-order valence-electron chi connectivity index (χ0n) is 21.3. The summed E-state index contributed by atoms with van der Waals surface area (Å²) in [6.45, 7) is 8.96. The molecule has 9 heteroatoms. The molecule has 1 aliphatic heterocycles. The molecule has 2 bridgehead atoms. The maximum atomic E-state index is 12.5. The van der Waals surface area contributed by atoms with Crippen molar-refractivity contribution in [2.45, 2.75) is 76.0 Å². The predicted octanol–water partition coefficient (Wildman–Crippen LogP) is 3.76. The lowest BCUT2D eigenvalue weighted by Gasteiger charge is -2.58. The highest BCUT2D eigenvalue weighted by atomic mass is 16.6. The molecule has 35 heavy (non-hydrogen) atoms. The highest BCUT2D eigenvalue weighted by Gasteiger charge is 2.53. The van der Waals surface area contributed by atoms with Crippen LogP contribution in [0, 0.1) is 0 Å². The molecule has 3 saturated carbocycles. The summed E-state index contributed by atoms with van der Waals surface area (Å²) in [4.78, 5) is 29.0. The van der Waals surface area contributed by atoms with Gasteiger partial charge in [0.1, 0.15) is 5.60 Å². The molecule has 0 radical (unpaired) electrons. The van der Waals surface area contributed by atoms with Crippen LogP contribution in [0.3, 0.4) is 0 Å². The molecule has 0 atom stereocenters. The van der Waals surface area contributed by atoms with E-state index in [4.69, 9.17) is 20.3 Å². The van der Waals surface area contributed by atoms with Crippen molar-refractivity contribution in [2.24, 2.45) is 0 Å². The maximum Gasteiger partial charge on any atom is 0.410 e. The van der Waals surface area contributed by atoms with Crippen LogP contribution in [0.25, 0.3) is 10.9 Å². The second-order valence-electron chi connectivity index (χ2n) is 11.5. The molecule has 4 aliphatic rings. The highest BCUT2D eigenvalue weighted by Crippen LogP contribution is 2.53. The Morgan fingerprint density at radius 3 is 2.14 bits per heavy atom. The van der Waals surface area contributed by atoms with Crippen molar-refractivity contribution in [3.05, 3.63) is 23.9 Å². The quantitative estimate of drug-likeness (QED) is 0.524. The average molecular weight is 484 g/mol. The highest BCUT2D eigenvalue weighted by molar-refractivity contribution is 6.00. The second kappa shape index (κ2) is 8.40. The standard InChI is InChI=1S/C26H37N5O4/c1-24(2,3)35-23(33)29-11-13-30(14-12-29)25-5-8-26(9-6-25,10-7-25)31-17-18-15-20(27)19(22(32)34-4)16-21(18)28-31/h15-17H,5-14,27H2,1-4H3. The molecule has 4 fully saturated rings. The molecule has 2 aromatic rings. The van der Waals surface area contributed by atoms with E-state index in [9.17, 15) is 9.59 Å². The number of hydrogen-bond donors (Lipinski definition) is 1. The van der Waals surface area contributed by atoms with Gasteiger partial charge in [-0.25, -0.2) is 9.59 Å². The number of benzene rings is 1. The smallest absolute Gasteiger partial charge is 0.410 e. The van der Waals surface area contributed by atoms with Crippen LogP contribution in [0.15, 0.2) is 18.3 Å². The molecule has 190 valence electrons. The number of methoxy groups -OCH3 is 1. The van der Waals surface area contributed by atoms with Crippen LogP contribution < -0.4 is 5.73 Å². The van der Waals surface area contributed by atoms with Gasteiger partial charge >= 0.3 is 12.1 Å². The molecule has 6 rings (SSSR count). The fraction of sp³-hybridized carbons (Fsp3) is 0.654. The number of aromatic nitrogens is 2. The third-order valence-electron chi connectivity index (χ3n) is 8.34. The number of nitrogen functional groups attached to an aromatic ring is 1. The number of nitrogens with two attached hydrogens (primary N) is 1. The van der Waals surface area contributed by atoms with Gasteiger partial charge in [0.15, 0.2) is 0 Å². The van der Waals surface area contributed by atoms with Crippen molar-refractivity contribution < 1.29 is 19.1 Å². The van der Waals surface area contributed by atoms with Crippen LogP contribution >= 0.6 is 0 Å². The van der Waals surface area contributed by atoms with E-state index < -0.39 is 11.6 Å². The van der Waals surface area contributed by atoms with Crippen LogP contribution in [0.1, 0.15) is 69.7 Å². The molecule has 1 aromatic carbocycles. The molecule has 1 amide bonds. The fourth-order valence-corrected chi connectivity index (χ4v) is 6.27. The molecule has 1 saturated heterocycles. The predicted molar refractivity (Wildman–Crippen MR) is 133 cm³/mol. The fourth-order valence-electron chi connectivity index (χ4n) is 6.27. The number of hydrogen-bond acceptors (Lipinski definition) is 7. The Bertz CT molecular complexity index is 1120. The Morgan fingerprint density at radius 2 is 1.57 bits per heavy atom. The van der Waals surface area contributed by atoms with Gasteiger partial charge in [-0.3, -0.25) is 9.58 Å². The van der Waals surface area contributed by atoms with Crippen LogP contribution in [0.2, 0.25) is 0 Å². The minimum Gasteiger partial charge on any atom is -0.465 e. The topological polar surface area (TPSA) is 103 Å². The maximum absolute atomic E-state index is 12.5. The van der Waals surface area contributed by atoms with Gasteiger partial charge in [0.05, 0.1) is 23.7 Å². The van der Waals surface area contributed by atoms with E-state index in [2.05, 4.69) is 15.8 Å². The van der Waals surface area contributed by atoms with Crippen LogP contribution in [-0.4, -0.2) is 76.1 Å². The third kappa shape index (κ3) is 4.24. The van der Waals surface area contributed by atoms with Crippen LogP contribution in [0.5, 0.6) is 0 Å². The number of fused-ring (bicyclic) bond motifs is 4. The van der Waals surface area contributed by atoms with E-state index in [-0.39, 0.29) is 17.2 Å². The third-order valence-corrected chi connectivity index (χ3v) is 8.34. The molecular formula is C26H37N5O4. The SMILES string of the molecule is COC(=O)c1cc2nn(C34CCC(N5CCN(C(=O)OC(C)(C)C)CC5)(CC3)CC4)cc2cc1N. The summed E-state index contributed by atoms with van der Waals surface area (Å²) in [7, 11) is 1.36. The Morgan fingerprint density at radius 1 is 0.971 bits per heavy atom. The molecule has 0 spiro atoms. The average Bonchev–Trinajstić information content (AvgIpc) is 3.27. The summed E-state index contributed by atoms with van der Waals surface area (Å²) in [5.41, 5.74) is 7.42. The summed E-state index contributed by atoms with van der Waals surface area (Å²) < 4.78 is 12.6. The van der Waals surface area contributed by atoms with Crippen molar-refractivity contribution in [3.63, 3.8) is 0 Å². The van der Waals surface area contributed by atoms with Gasteiger partial charge in [-0.05, 0) is 71.4 Å². The normalized spacial score (nSPS) is 27.3. The number of anilines is 1. The summed E-state index contributed by atoms with van der Waals surface area (Å²) in [6, 6.07) is 3.56. The number of esters is 1. The van der Waals surface area contributed by atoms with Gasteiger partial charge in [-0.2, -0.15) is 5.10 Å². The van der Waals surface area contributed by atoms with Gasteiger partial charge in [-0.1, -0.05) is 0 Å². The summed E-state index contributed by atoms with van der Waals surface area (Å²) in [6.07, 6.45) is 8.50. The number of rotatable bonds is 3. The van der Waals surface area contributed by atoms with Gasteiger partial charge < -0.3 is 20.1 Å². The van der Waals surface area contributed by atoms with Gasteiger partial charge in [0.25, 0.3) is 0 Å². The first-order valence-corrected chi connectivity index (χ1v) is 12.6. The lowest BCUT2D eigenvalue weighted by Crippen LogP contribution is -2.63. The van der Waals surface area contributed by atoms with E-state index in [1.54, 1.807) is 6.07 Å². The number of ether oxygens (including phenoxy) is 2. The lowest BCUT2D eigenvalue weighted by molar-refractivity contribution is -0.0701. The zero-order chi connectivity index (χ0) is 25.0. The number of carbonyl (C=O) groups is 2. The van der Waals surface area contributed by atoms with Crippen molar-refractivity contribution >= 4 is 28.7 Å². The lowest BCUT2D eigenvalue weighted by atomic mass is 9.60. The van der Waals surface area contributed by atoms with Crippen molar-refractivity contribution in [3.8, 4) is 0 Å². The number of carbonyl (C=O) groups excluding carboxylic acids is 2. The van der Waals surface area contributed by atoms with Gasteiger partial charge in [-0.15, -0.1) is 0 Å². The van der Waals surface area contributed by atoms with Crippen LogP contribution in [-0.2, 0) is 15.0 Å². The second-order valence-corrected chi connectivity index (χ2v) is 11.5. The van der Waals surface area contributed by atoms with Gasteiger partial charge in [0.2, 0.25) is 0 Å². The number of piperazine rings is 1. The summed E-state index contributed by atoms with van der Waals surface area (Å²) in [5, 5.41) is 5.85. The monoisotopic (exact) mass is 483 g/mol. The summed E-state index contributed by atoms with van der Waals surface area (Å²) in [5.74, 6) is -0.441. The first-order valence-electron chi connectivity index (χ1n) is 12.6. The minimum atomic E-state index is -0.465.